The van der Waals surface area contributed by atoms with Gasteiger partial charge >= 0.3 is 17.9 Å². The van der Waals surface area contributed by atoms with E-state index in [2.05, 4.69) is 69.4 Å². The molecular weight excluding hydrogens is 805 g/mol. The number of carbonyl (C=O) groups is 3. The topological polar surface area (TPSA) is 78.9 Å². The first-order valence-corrected chi connectivity index (χ1v) is 28.1. The van der Waals surface area contributed by atoms with E-state index in [0.717, 1.165) is 89.9 Å². The van der Waals surface area contributed by atoms with Crippen LogP contribution < -0.4 is 0 Å². The molecule has 0 spiro atoms. The first-order chi connectivity index (χ1) is 32.0. The lowest BCUT2D eigenvalue weighted by atomic mass is 10.0. The summed E-state index contributed by atoms with van der Waals surface area (Å²) in [6, 6.07) is 0. The molecule has 0 N–H and O–H groups in total. The third kappa shape index (κ3) is 52.2. The Morgan fingerprint density at radius 3 is 0.923 bits per heavy atom. The fraction of sp³-hybridized carbons (Fsp3) is 0.814. The van der Waals surface area contributed by atoms with Gasteiger partial charge < -0.3 is 14.2 Å². The number of carbonyl (C=O) groups excluding carboxylic acids is 3. The van der Waals surface area contributed by atoms with Crippen molar-refractivity contribution < 1.29 is 28.6 Å². The Balaban J connectivity index is 4.38. The van der Waals surface area contributed by atoms with E-state index in [4.69, 9.17) is 14.2 Å². The molecule has 6 heteroatoms. The molecule has 0 bridgehead atoms. The lowest BCUT2D eigenvalue weighted by molar-refractivity contribution is -0.167. The summed E-state index contributed by atoms with van der Waals surface area (Å²) < 4.78 is 16.8. The highest BCUT2D eigenvalue weighted by Gasteiger charge is 2.19. The molecule has 0 rings (SSSR count). The van der Waals surface area contributed by atoms with Gasteiger partial charge in [0.05, 0.1) is 0 Å². The molecule has 1 atom stereocenters. The number of hydrogen-bond acceptors (Lipinski definition) is 6. The second-order valence-corrected chi connectivity index (χ2v) is 18.8. The highest BCUT2D eigenvalue weighted by molar-refractivity contribution is 5.71. The fourth-order valence-corrected chi connectivity index (χ4v) is 8.02. The van der Waals surface area contributed by atoms with Crippen molar-refractivity contribution in [1.29, 1.82) is 0 Å². The van der Waals surface area contributed by atoms with Gasteiger partial charge in [0.1, 0.15) is 13.2 Å². The molecule has 378 valence electrons. The van der Waals surface area contributed by atoms with Gasteiger partial charge in [0, 0.05) is 19.3 Å². The van der Waals surface area contributed by atoms with E-state index in [1.807, 2.05) is 0 Å². The minimum atomic E-state index is -0.779. The maximum Gasteiger partial charge on any atom is 0.306 e. The molecular formula is C59H106O6. The van der Waals surface area contributed by atoms with Gasteiger partial charge in [-0.3, -0.25) is 14.4 Å². The van der Waals surface area contributed by atoms with Gasteiger partial charge in [-0.25, -0.2) is 0 Å². The Hall–Kier alpha value is -2.63. The van der Waals surface area contributed by atoms with Gasteiger partial charge in [0.25, 0.3) is 0 Å². The molecule has 0 aliphatic carbocycles. The Bertz CT molecular complexity index is 1140. The lowest BCUT2D eigenvalue weighted by Crippen LogP contribution is -2.30. The van der Waals surface area contributed by atoms with E-state index in [1.54, 1.807) is 0 Å². The van der Waals surface area contributed by atoms with Crippen LogP contribution in [0.25, 0.3) is 0 Å². The van der Waals surface area contributed by atoms with Crippen molar-refractivity contribution in [1.82, 2.24) is 0 Å². The van der Waals surface area contributed by atoms with Crippen molar-refractivity contribution in [3.8, 4) is 0 Å². The van der Waals surface area contributed by atoms with Crippen LogP contribution in [0.5, 0.6) is 0 Å². The van der Waals surface area contributed by atoms with Crippen molar-refractivity contribution >= 4 is 17.9 Å². The maximum absolute atomic E-state index is 12.8. The number of allylic oxidation sites excluding steroid dienone is 8. The first kappa shape index (κ1) is 62.4. The quantitative estimate of drug-likeness (QED) is 0.0262. The summed E-state index contributed by atoms with van der Waals surface area (Å²) in [5.74, 6) is -0.887. The molecule has 0 fully saturated rings. The minimum absolute atomic E-state index is 0.0793. The van der Waals surface area contributed by atoms with E-state index >= 15 is 0 Å². The lowest BCUT2D eigenvalue weighted by Gasteiger charge is -2.18. The fourth-order valence-electron chi connectivity index (χ4n) is 8.02. The van der Waals surface area contributed by atoms with Crippen LogP contribution in [-0.2, 0) is 28.6 Å². The summed E-state index contributed by atoms with van der Waals surface area (Å²) in [6.45, 7) is 6.59. The van der Waals surface area contributed by atoms with Gasteiger partial charge in [-0.05, 0) is 77.0 Å². The summed E-state index contributed by atoms with van der Waals surface area (Å²) in [5, 5.41) is 0. The molecule has 65 heavy (non-hydrogen) atoms. The third-order valence-corrected chi connectivity index (χ3v) is 12.3. The van der Waals surface area contributed by atoms with Gasteiger partial charge in [0.2, 0.25) is 0 Å². The van der Waals surface area contributed by atoms with Crippen LogP contribution >= 0.6 is 0 Å². The monoisotopic (exact) mass is 911 g/mol. The molecule has 0 aromatic heterocycles. The van der Waals surface area contributed by atoms with Gasteiger partial charge in [-0.15, -0.1) is 0 Å². The van der Waals surface area contributed by atoms with Crippen LogP contribution in [0.3, 0.4) is 0 Å². The average Bonchev–Trinajstić information content (AvgIpc) is 3.30. The molecule has 0 aliphatic rings. The molecule has 0 amide bonds. The van der Waals surface area contributed by atoms with Crippen LogP contribution in [0.1, 0.15) is 290 Å². The van der Waals surface area contributed by atoms with Crippen LogP contribution in [0.2, 0.25) is 0 Å². The van der Waals surface area contributed by atoms with Crippen molar-refractivity contribution in [3.05, 3.63) is 48.6 Å². The van der Waals surface area contributed by atoms with Gasteiger partial charge in [-0.1, -0.05) is 243 Å². The normalized spacial score (nSPS) is 12.4. The maximum atomic E-state index is 12.8. The predicted octanol–water partition coefficient (Wildman–Crippen LogP) is 18.7. The molecule has 0 aliphatic heterocycles. The van der Waals surface area contributed by atoms with E-state index in [-0.39, 0.29) is 31.1 Å². The van der Waals surface area contributed by atoms with Crippen molar-refractivity contribution in [3.63, 3.8) is 0 Å². The molecule has 0 aromatic rings. The van der Waals surface area contributed by atoms with Crippen molar-refractivity contribution in [2.45, 2.75) is 297 Å². The Labute approximate surface area is 403 Å². The van der Waals surface area contributed by atoms with E-state index in [9.17, 15) is 14.4 Å². The zero-order valence-electron chi connectivity index (χ0n) is 43.3. The number of hydrogen-bond donors (Lipinski definition) is 0. The number of unbranched alkanes of at least 4 members (excludes halogenated alkanes) is 32. The van der Waals surface area contributed by atoms with Crippen LogP contribution in [-0.4, -0.2) is 37.2 Å². The Kier molecular flexibility index (Phi) is 51.8. The third-order valence-electron chi connectivity index (χ3n) is 12.3. The van der Waals surface area contributed by atoms with Crippen LogP contribution in [0.15, 0.2) is 48.6 Å². The summed E-state index contributed by atoms with van der Waals surface area (Å²) in [6.07, 6.45) is 65.2. The average molecular weight is 911 g/mol. The van der Waals surface area contributed by atoms with Gasteiger partial charge in [0.15, 0.2) is 6.10 Å². The molecule has 0 radical (unpaired) electrons. The number of esters is 3. The van der Waals surface area contributed by atoms with Crippen LogP contribution in [0.4, 0.5) is 0 Å². The molecule has 6 nitrogen and oxygen atoms in total. The smallest absolute Gasteiger partial charge is 0.306 e. The molecule has 0 heterocycles. The molecule has 0 saturated heterocycles. The van der Waals surface area contributed by atoms with E-state index in [0.29, 0.717) is 19.3 Å². The standard InChI is InChI=1S/C59H106O6/c1-4-7-10-13-16-19-22-25-28-30-32-34-37-40-43-46-49-52-58(61)64-55-56(54-63-57(60)51-48-45-42-39-36-33-27-24-21-18-15-12-9-6-3)65-59(62)53-50-47-44-41-38-35-31-29-26-23-20-17-14-11-8-5-2/h15-16,18-19,24-25,27-28,56H,4-14,17,20-23,26,29-55H2,1-3H3/b18-15-,19-16-,27-24-,28-25-. The molecule has 0 saturated carbocycles. The summed E-state index contributed by atoms with van der Waals surface area (Å²) in [7, 11) is 0. The molecule has 0 aromatic carbocycles. The first-order valence-electron chi connectivity index (χ1n) is 28.1. The van der Waals surface area contributed by atoms with Crippen molar-refractivity contribution in [2.75, 3.05) is 13.2 Å². The Morgan fingerprint density at radius 2 is 0.569 bits per heavy atom. The summed E-state index contributed by atoms with van der Waals surface area (Å²) in [4.78, 5) is 38.1. The Morgan fingerprint density at radius 1 is 0.308 bits per heavy atom. The highest BCUT2D eigenvalue weighted by atomic mass is 16.6. The number of rotatable bonds is 51. The summed E-state index contributed by atoms with van der Waals surface area (Å²) >= 11 is 0. The van der Waals surface area contributed by atoms with Crippen molar-refractivity contribution in [2.24, 2.45) is 0 Å². The SMILES string of the molecule is CCCC/C=C\C/C=C\CCCCCCCC(=O)OCC(COC(=O)CCCCCCCCC/C=C\C/C=C\CCCCC)OC(=O)CCCCCCCCCCCCCCCCCC. The largest absolute Gasteiger partial charge is 0.462 e. The highest BCUT2D eigenvalue weighted by Crippen LogP contribution is 2.16. The number of ether oxygens (including phenoxy) is 3. The predicted molar refractivity (Wildman–Crippen MR) is 279 cm³/mol. The zero-order valence-corrected chi connectivity index (χ0v) is 43.3. The second-order valence-electron chi connectivity index (χ2n) is 18.8. The van der Waals surface area contributed by atoms with E-state index in [1.165, 1.54) is 161 Å². The van der Waals surface area contributed by atoms with Gasteiger partial charge in [-0.2, -0.15) is 0 Å². The minimum Gasteiger partial charge on any atom is -0.462 e. The molecule has 1 unspecified atom stereocenters. The van der Waals surface area contributed by atoms with E-state index < -0.39 is 6.10 Å². The van der Waals surface area contributed by atoms with Crippen LogP contribution in [0, 0.1) is 0 Å². The summed E-state index contributed by atoms with van der Waals surface area (Å²) in [5.41, 5.74) is 0. The second kappa shape index (κ2) is 54.0. The zero-order chi connectivity index (χ0) is 47.2.